The van der Waals surface area contributed by atoms with Crippen LogP contribution in [0.1, 0.15) is 26.7 Å². The third-order valence-corrected chi connectivity index (χ3v) is 4.29. The topological polar surface area (TPSA) is 64.2 Å². The summed E-state index contributed by atoms with van der Waals surface area (Å²) in [5, 5.41) is 4.42. The van der Waals surface area contributed by atoms with Gasteiger partial charge in [0.05, 0.1) is 11.9 Å². The Hall–Kier alpha value is -1.07. The zero-order valence-electron chi connectivity index (χ0n) is 11.5. The van der Waals surface area contributed by atoms with Crippen molar-refractivity contribution in [3.8, 4) is 0 Å². The monoisotopic (exact) mass is 284 g/mol. The quantitative estimate of drug-likeness (QED) is 0.913. The van der Waals surface area contributed by atoms with Crippen LogP contribution in [0.4, 0.5) is 5.69 Å². The molecule has 1 fully saturated rings. The van der Waals surface area contributed by atoms with Crippen LogP contribution in [0.15, 0.2) is 11.0 Å². The Balaban J connectivity index is 2.40. The first-order chi connectivity index (χ1) is 9.10. The summed E-state index contributed by atoms with van der Waals surface area (Å²) >= 11 is 6.22. The molecule has 106 valence electrons. The van der Waals surface area contributed by atoms with E-state index in [4.69, 9.17) is 17.3 Å². The fourth-order valence-corrected chi connectivity index (χ4v) is 3.04. The first kappa shape index (κ1) is 14.3. The zero-order valence-corrected chi connectivity index (χ0v) is 12.2. The molecule has 1 aliphatic rings. The summed E-state index contributed by atoms with van der Waals surface area (Å²) < 4.78 is 1.37. The van der Waals surface area contributed by atoms with Gasteiger partial charge in [0, 0.05) is 25.7 Å². The molecule has 2 unspecified atom stereocenters. The summed E-state index contributed by atoms with van der Waals surface area (Å²) in [6.45, 7) is 6.03. The van der Waals surface area contributed by atoms with E-state index in [1.165, 1.54) is 4.68 Å². The van der Waals surface area contributed by atoms with Crippen LogP contribution in [0.25, 0.3) is 0 Å². The van der Waals surface area contributed by atoms with E-state index < -0.39 is 0 Å². The predicted octanol–water partition coefficient (Wildman–Crippen LogP) is 1.48. The second-order valence-corrected chi connectivity index (χ2v) is 5.46. The van der Waals surface area contributed by atoms with Crippen LogP contribution >= 0.6 is 11.6 Å². The van der Waals surface area contributed by atoms with Crippen LogP contribution in [-0.4, -0.2) is 28.9 Å². The molecule has 5 nitrogen and oxygen atoms in total. The van der Waals surface area contributed by atoms with Crippen LogP contribution < -0.4 is 16.2 Å². The van der Waals surface area contributed by atoms with E-state index in [-0.39, 0.29) is 16.6 Å². The molecule has 2 heterocycles. The van der Waals surface area contributed by atoms with Crippen molar-refractivity contribution in [3.05, 3.63) is 21.6 Å². The van der Waals surface area contributed by atoms with Gasteiger partial charge in [-0.3, -0.25) is 4.79 Å². The van der Waals surface area contributed by atoms with Gasteiger partial charge >= 0.3 is 0 Å². The second kappa shape index (κ2) is 5.92. The number of nitrogens with two attached hydrogens (primary N) is 1. The van der Waals surface area contributed by atoms with Crippen LogP contribution in [0.5, 0.6) is 0 Å². The van der Waals surface area contributed by atoms with Gasteiger partial charge in [-0.15, -0.1) is 0 Å². The number of hydrogen-bond donors (Lipinski definition) is 1. The first-order valence-corrected chi connectivity index (χ1v) is 7.20. The lowest BCUT2D eigenvalue weighted by atomic mass is 9.90. The highest BCUT2D eigenvalue weighted by Crippen LogP contribution is 2.30. The van der Waals surface area contributed by atoms with E-state index in [9.17, 15) is 4.79 Å². The number of aromatic nitrogens is 2. The molecule has 0 saturated carbocycles. The summed E-state index contributed by atoms with van der Waals surface area (Å²) in [5.41, 5.74) is 6.37. The maximum Gasteiger partial charge on any atom is 0.287 e. The molecule has 0 bridgehead atoms. The minimum Gasteiger partial charge on any atom is -0.364 e. The van der Waals surface area contributed by atoms with Crippen molar-refractivity contribution in [2.24, 2.45) is 11.7 Å². The van der Waals surface area contributed by atoms with Crippen molar-refractivity contribution >= 4 is 17.3 Å². The number of halogens is 1. The summed E-state index contributed by atoms with van der Waals surface area (Å²) in [5.74, 6) is 0.503. The maximum atomic E-state index is 12.1. The number of hydrogen-bond acceptors (Lipinski definition) is 4. The van der Waals surface area contributed by atoms with Gasteiger partial charge in [0.15, 0.2) is 0 Å². The van der Waals surface area contributed by atoms with E-state index in [1.807, 2.05) is 6.92 Å². The van der Waals surface area contributed by atoms with E-state index in [0.717, 1.165) is 25.1 Å². The fourth-order valence-electron chi connectivity index (χ4n) is 2.79. The largest absolute Gasteiger partial charge is 0.364 e. The predicted molar refractivity (Wildman–Crippen MR) is 77.8 cm³/mol. The average molecular weight is 285 g/mol. The first-order valence-electron chi connectivity index (χ1n) is 6.82. The molecule has 0 aromatic carbocycles. The molecule has 2 N–H and O–H groups in total. The molecule has 2 rings (SSSR count). The van der Waals surface area contributed by atoms with Gasteiger partial charge in [0.25, 0.3) is 5.56 Å². The molecule has 1 aromatic rings. The number of piperidine rings is 1. The minimum absolute atomic E-state index is 0.226. The van der Waals surface area contributed by atoms with Gasteiger partial charge in [0.1, 0.15) is 5.02 Å². The smallest absolute Gasteiger partial charge is 0.287 e. The normalized spacial score (nSPS) is 23.7. The van der Waals surface area contributed by atoms with Crippen molar-refractivity contribution < 1.29 is 0 Å². The Bertz CT molecular complexity index is 502. The third kappa shape index (κ3) is 2.62. The van der Waals surface area contributed by atoms with Gasteiger partial charge < -0.3 is 10.6 Å². The molecule has 0 amide bonds. The van der Waals surface area contributed by atoms with Gasteiger partial charge in [0.2, 0.25) is 0 Å². The highest BCUT2D eigenvalue weighted by atomic mass is 35.5. The van der Waals surface area contributed by atoms with Crippen LogP contribution in [0.2, 0.25) is 5.02 Å². The Labute approximate surface area is 118 Å². The lowest BCUT2D eigenvalue weighted by molar-refractivity contribution is 0.349. The number of nitrogens with zero attached hydrogens (tertiary/aromatic N) is 3. The SMILES string of the molecule is CCn1ncc(N2CCCC(C)C2CN)c(Cl)c1=O. The highest BCUT2D eigenvalue weighted by Gasteiger charge is 2.29. The number of aryl methyl sites for hydroxylation is 1. The summed E-state index contributed by atoms with van der Waals surface area (Å²) in [4.78, 5) is 14.2. The maximum absolute atomic E-state index is 12.1. The van der Waals surface area contributed by atoms with E-state index in [2.05, 4.69) is 16.9 Å². The molecule has 1 saturated heterocycles. The number of rotatable bonds is 3. The van der Waals surface area contributed by atoms with Gasteiger partial charge in [-0.05, 0) is 25.7 Å². The molecule has 1 aromatic heterocycles. The lowest BCUT2D eigenvalue weighted by Crippen LogP contribution is -2.49. The standard InChI is InChI=1S/C13H21ClN4O/c1-3-18-13(19)12(14)11(8-16-18)17-6-4-5-9(2)10(17)7-15/h8-10H,3-7,15H2,1-2H3. The van der Waals surface area contributed by atoms with Gasteiger partial charge in [-0.25, -0.2) is 4.68 Å². The molecule has 6 heteroatoms. The molecule has 0 radical (unpaired) electrons. The fraction of sp³-hybridized carbons (Fsp3) is 0.692. The molecular weight excluding hydrogens is 264 g/mol. The van der Waals surface area contributed by atoms with Crippen LogP contribution in [-0.2, 0) is 6.54 Å². The summed E-state index contributed by atoms with van der Waals surface area (Å²) in [7, 11) is 0. The Kier molecular flexibility index (Phi) is 4.47. The van der Waals surface area contributed by atoms with Gasteiger partial charge in [-0.2, -0.15) is 5.10 Å². The van der Waals surface area contributed by atoms with Crippen molar-refractivity contribution in [1.29, 1.82) is 0 Å². The Morgan fingerprint density at radius 2 is 2.32 bits per heavy atom. The summed E-state index contributed by atoms with van der Waals surface area (Å²) in [6.07, 6.45) is 3.94. The molecule has 0 aliphatic carbocycles. The van der Waals surface area contributed by atoms with Crippen LogP contribution in [0.3, 0.4) is 0 Å². The second-order valence-electron chi connectivity index (χ2n) is 5.08. The molecule has 2 atom stereocenters. The highest BCUT2D eigenvalue weighted by molar-refractivity contribution is 6.33. The minimum atomic E-state index is -0.226. The lowest BCUT2D eigenvalue weighted by Gasteiger charge is -2.41. The van der Waals surface area contributed by atoms with E-state index in [0.29, 0.717) is 19.0 Å². The third-order valence-electron chi connectivity index (χ3n) is 3.93. The number of anilines is 1. The van der Waals surface area contributed by atoms with Crippen molar-refractivity contribution in [2.45, 2.75) is 39.3 Å². The average Bonchev–Trinajstić information content (AvgIpc) is 2.41. The molecule has 1 aliphatic heterocycles. The van der Waals surface area contributed by atoms with Gasteiger partial charge in [-0.1, -0.05) is 18.5 Å². The Morgan fingerprint density at radius 3 is 2.95 bits per heavy atom. The Morgan fingerprint density at radius 1 is 1.58 bits per heavy atom. The van der Waals surface area contributed by atoms with E-state index >= 15 is 0 Å². The van der Waals surface area contributed by atoms with Crippen molar-refractivity contribution in [1.82, 2.24) is 9.78 Å². The summed E-state index contributed by atoms with van der Waals surface area (Å²) in [6, 6.07) is 0.227. The van der Waals surface area contributed by atoms with Crippen molar-refractivity contribution in [3.63, 3.8) is 0 Å². The van der Waals surface area contributed by atoms with E-state index in [1.54, 1.807) is 6.20 Å². The zero-order chi connectivity index (χ0) is 14.0. The molecular formula is C13H21ClN4O. The molecule has 19 heavy (non-hydrogen) atoms. The van der Waals surface area contributed by atoms with Crippen molar-refractivity contribution in [2.75, 3.05) is 18.0 Å². The van der Waals surface area contributed by atoms with Crippen LogP contribution in [0, 0.1) is 5.92 Å². The molecule has 0 spiro atoms.